The molecule has 4 heteroatoms. The Labute approximate surface area is 127 Å². The molecule has 0 saturated heterocycles. The van der Waals surface area contributed by atoms with Crippen LogP contribution in [0.4, 0.5) is 4.79 Å². The van der Waals surface area contributed by atoms with Crippen LogP contribution in [0.3, 0.4) is 0 Å². The van der Waals surface area contributed by atoms with Crippen molar-refractivity contribution < 1.29 is 9.53 Å². The fraction of sp³-hybridized carbons (Fsp3) is 0.471. The number of allylic oxidation sites excluding steroid dienone is 1. The van der Waals surface area contributed by atoms with Gasteiger partial charge in [-0.25, -0.2) is 4.79 Å². The van der Waals surface area contributed by atoms with Gasteiger partial charge in [-0.05, 0) is 36.5 Å². The molecule has 21 heavy (non-hydrogen) atoms. The van der Waals surface area contributed by atoms with Crippen LogP contribution >= 0.6 is 0 Å². The third-order valence-corrected chi connectivity index (χ3v) is 3.44. The molecule has 0 aliphatic heterocycles. The van der Waals surface area contributed by atoms with Gasteiger partial charge >= 0.3 is 6.03 Å². The summed E-state index contributed by atoms with van der Waals surface area (Å²) in [5, 5.41) is 5.60. The lowest BCUT2D eigenvalue weighted by Crippen LogP contribution is -2.34. The van der Waals surface area contributed by atoms with E-state index in [2.05, 4.69) is 31.4 Å². The molecule has 0 heterocycles. The predicted molar refractivity (Wildman–Crippen MR) is 86.4 cm³/mol. The molecule has 2 N–H and O–H groups in total. The Bertz CT molecular complexity index is 502. The standard InChI is InChI=1S/C17H26N2O2/c1-13(17(2,3)4)12-19-16(20)18-10-9-14-7-6-8-15(11-14)21-5/h6-8,11-12H,9-10H2,1-5H3,(H2,18,19,20)/b13-12+. The van der Waals surface area contributed by atoms with Gasteiger partial charge in [0.05, 0.1) is 7.11 Å². The number of nitrogens with one attached hydrogen (secondary N) is 2. The lowest BCUT2D eigenvalue weighted by molar-refractivity contribution is 0.244. The number of hydrogen-bond acceptors (Lipinski definition) is 2. The molecule has 0 fully saturated rings. The van der Waals surface area contributed by atoms with Crippen molar-refractivity contribution in [2.24, 2.45) is 5.41 Å². The maximum atomic E-state index is 11.7. The molecule has 0 spiro atoms. The van der Waals surface area contributed by atoms with Gasteiger partial charge in [0.1, 0.15) is 5.75 Å². The van der Waals surface area contributed by atoms with E-state index in [1.807, 2.05) is 31.2 Å². The Balaban J connectivity index is 2.37. The largest absolute Gasteiger partial charge is 0.497 e. The van der Waals surface area contributed by atoms with E-state index in [9.17, 15) is 4.79 Å². The van der Waals surface area contributed by atoms with Gasteiger partial charge in [-0.2, -0.15) is 0 Å². The number of benzene rings is 1. The first-order chi connectivity index (χ1) is 9.82. The summed E-state index contributed by atoms with van der Waals surface area (Å²) in [5.41, 5.74) is 2.33. The van der Waals surface area contributed by atoms with Crippen LogP contribution in [0, 0.1) is 5.41 Å². The van der Waals surface area contributed by atoms with Crippen molar-refractivity contribution in [2.45, 2.75) is 34.1 Å². The second kappa shape index (κ2) is 7.72. The van der Waals surface area contributed by atoms with Gasteiger partial charge in [-0.1, -0.05) is 38.5 Å². The van der Waals surface area contributed by atoms with Gasteiger partial charge in [-0.3, -0.25) is 0 Å². The van der Waals surface area contributed by atoms with Gasteiger partial charge in [0, 0.05) is 12.7 Å². The van der Waals surface area contributed by atoms with Crippen LogP contribution in [0.15, 0.2) is 36.0 Å². The van der Waals surface area contributed by atoms with Gasteiger partial charge in [0.25, 0.3) is 0 Å². The monoisotopic (exact) mass is 290 g/mol. The van der Waals surface area contributed by atoms with Crippen LogP contribution in [0.2, 0.25) is 0 Å². The van der Waals surface area contributed by atoms with Crippen molar-refractivity contribution in [2.75, 3.05) is 13.7 Å². The van der Waals surface area contributed by atoms with Crippen LogP contribution in [0.5, 0.6) is 5.75 Å². The predicted octanol–water partition coefficient (Wildman–Crippen LogP) is 3.49. The average Bonchev–Trinajstić information content (AvgIpc) is 2.44. The van der Waals surface area contributed by atoms with Gasteiger partial charge in [0.2, 0.25) is 0 Å². The third-order valence-electron chi connectivity index (χ3n) is 3.44. The highest BCUT2D eigenvalue weighted by molar-refractivity contribution is 5.74. The molecule has 0 aromatic heterocycles. The van der Waals surface area contributed by atoms with Crippen molar-refractivity contribution in [3.8, 4) is 5.75 Å². The number of hydrogen-bond donors (Lipinski definition) is 2. The summed E-state index contributed by atoms with van der Waals surface area (Å²) < 4.78 is 5.17. The SMILES string of the molecule is COc1cccc(CCNC(=O)N/C=C(\C)C(C)(C)C)c1. The molecule has 0 atom stereocenters. The van der Waals surface area contributed by atoms with E-state index < -0.39 is 0 Å². The molecular formula is C17H26N2O2. The van der Waals surface area contributed by atoms with E-state index in [1.165, 1.54) is 0 Å². The van der Waals surface area contributed by atoms with Crippen molar-refractivity contribution in [3.63, 3.8) is 0 Å². The summed E-state index contributed by atoms with van der Waals surface area (Å²) >= 11 is 0. The summed E-state index contributed by atoms with van der Waals surface area (Å²) in [5.74, 6) is 0.834. The highest BCUT2D eigenvalue weighted by Crippen LogP contribution is 2.23. The maximum Gasteiger partial charge on any atom is 0.318 e. The molecular weight excluding hydrogens is 264 g/mol. The molecule has 0 aliphatic carbocycles. The maximum absolute atomic E-state index is 11.7. The summed E-state index contributed by atoms with van der Waals surface area (Å²) in [4.78, 5) is 11.7. The first-order valence-electron chi connectivity index (χ1n) is 7.17. The second-order valence-corrected chi connectivity index (χ2v) is 6.08. The number of urea groups is 1. The number of methoxy groups -OCH3 is 1. The van der Waals surface area contributed by atoms with Crippen LogP contribution in [-0.4, -0.2) is 19.7 Å². The van der Waals surface area contributed by atoms with Crippen LogP contribution in [0.25, 0.3) is 0 Å². The molecule has 0 bridgehead atoms. The normalized spacial score (nSPS) is 12.0. The van der Waals surface area contributed by atoms with E-state index in [-0.39, 0.29) is 11.4 Å². The summed E-state index contributed by atoms with van der Waals surface area (Å²) in [7, 11) is 1.65. The number of carbonyl (C=O) groups is 1. The van der Waals surface area contributed by atoms with Gasteiger partial charge < -0.3 is 15.4 Å². The Morgan fingerprint density at radius 3 is 2.67 bits per heavy atom. The highest BCUT2D eigenvalue weighted by Gasteiger charge is 2.12. The number of ether oxygens (including phenoxy) is 1. The van der Waals surface area contributed by atoms with Crippen LogP contribution in [-0.2, 0) is 6.42 Å². The Hall–Kier alpha value is -1.97. The number of rotatable bonds is 5. The molecule has 0 saturated carbocycles. The fourth-order valence-corrected chi connectivity index (χ4v) is 1.59. The zero-order valence-corrected chi connectivity index (χ0v) is 13.6. The zero-order chi connectivity index (χ0) is 15.9. The van der Waals surface area contributed by atoms with E-state index >= 15 is 0 Å². The summed E-state index contributed by atoms with van der Waals surface area (Å²) in [6.45, 7) is 8.93. The van der Waals surface area contributed by atoms with Crippen LogP contribution < -0.4 is 15.4 Å². The quantitative estimate of drug-likeness (QED) is 0.872. The lowest BCUT2D eigenvalue weighted by atomic mass is 9.88. The first-order valence-corrected chi connectivity index (χ1v) is 7.17. The molecule has 1 aromatic rings. The molecule has 1 aromatic carbocycles. The molecule has 2 amide bonds. The molecule has 1 rings (SSSR count). The number of carbonyl (C=O) groups excluding carboxylic acids is 1. The lowest BCUT2D eigenvalue weighted by Gasteiger charge is -2.19. The summed E-state index contributed by atoms with van der Waals surface area (Å²) in [6.07, 6.45) is 2.54. The molecule has 4 nitrogen and oxygen atoms in total. The van der Waals surface area contributed by atoms with Crippen molar-refractivity contribution >= 4 is 6.03 Å². The highest BCUT2D eigenvalue weighted by atomic mass is 16.5. The van der Waals surface area contributed by atoms with E-state index in [0.717, 1.165) is 23.3 Å². The van der Waals surface area contributed by atoms with Crippen LogP contribution in [0.1, 0.15) is 33.3 Å². The van der Waals surface area contributed by atoms with E-state index in [4.69, 9.17) is 4.74 Å². The second-order valence-electron chi connectivity index (χ2n) is 6.08. The molecule has 116 valence electrons. The molecule has 0 radical (unpaired) electrons. The van der Waals surface area contributed by atoms with Gasteiger partial charge in [0.15, 0.2) is 0 Å². The van der Waals surface area contributed by atoms with Crippen molar-refractivity contribution in [1.82, 2.24) is 10.6 Å². The van der Waals surface area contributed by atoms with Crippen molar-refractivity contribution in [1.29, 1.82) is 0 Å². The fourth-order valence-electron chi connectivity index (χ4n) is 1.59. The smallest absolute Gasteiger partial charge is 0.318 e. The van der Waals surface area contributed by atoms with E-state index in [1.54, 1.807) is 13.3 Å². The minimum Gasteiger partial charge on any atom is -0.497 e. The average molecular weight is 290 g/mol. The Kier molecular flexibility index (Phi) is 6.28. The van der Waals surface area contributed by atoms with Crippen molar-refractivity contribution in [3.05, 3.63) is 41.6 Å². The Morgan fingerprint density at radius 2 is 2.05 bits per heavy atom. The topological polar surface area (TPSA) is 50.4 Å². The molecule has 0 aliphatic rings. The summed E-state index contributed by atoms with van der Waals surface area (Å²) in [6, 6.07) is 7.67. The Morgan fingerprint density at radius 1 is 1.33 bits per heavy atom. The third kappa shape index (κ3) is 6.34. The minimum atomic E-state index is -0.179. The van der Waals surface area contributed by atoms with Gasteiger partial charge in [-0.15, -0.1) is 0 Å². The molecule has 0 unspecified atom stereocenters. The zero-order valence-electron chi connectivity index (χ0n) is 13.6. The first kappa shape index (κ1) is 17.1. The minimum absolute atomic E-state index is 0.0634. The number of amides is 2. The van der Waals surface area contributed by atoms with E-state index in [0.29, 0.717) is 6.54 Å².